The van der Waals surface area contributed by atoms with Gasteiger partial charge in [-0.3, -0.25) is 14.4 Å². The number of nitrogens with zero attached hydrogens (tertiary/aromatic N) is 2. The summed E-state index contributed by atoms with van der Waals surface area (Å²) in [6.07, 6.45) is 5.87. The van der Waals surface area contributed by atoms with Gasteiger partial charge in [0.2, 0.25) is 11.8 Å². The summed E-state index contributed by atoms with van der Waals surface area (Å²) < 4.78 is 4.82. The summed E-state index contributed by atoms with van der Waals surface area (Å²) in [6.45, 7) is 10.1. The highest BCUT2D eigenvalue weighted by Gasteiger charge is 2.74. The maximum Gasteiger partial charge on any atom is 0.310 e. The molecule has 2 unspecified atom stereocenters. The first-order valence-corrected chi connectivity index (χ1v) is 13.6. The summed E-state index contributed by atoms with van der Waals surface area (Å²) in [5, 5.41) is 10.1. The molecule has 1 N–H and O–H groups in total. The number of fused-ring (bicyclic) bond motifs is 1. The predicted octanol–water partition coefficient (Wildman–Crippen LogP) is 3.18. The van der Waals surface area contributed by atoms with E-state index in [1.54, 1.807) is 33.7 Å². The van der Waals surface area contributed by atoms with Crippen LogP contribution in [0.2, 0.25) is 0 Å². The Kier molecular flexibility index (Phi) is 8.25. The van der Waals surface area contributed by atoms with E-state index in [0.29, 0.717) is 32.4 Å². The second-order valence-electron chi connectivity index (χ2n) is 9.78. The average molecular weight is 513 g/mol. The number of carbonyl (C=O) groups excluding carboxylic acids is 3. The van der Waals surface area contributed by atoms with Crippen molar-refractivity contribution in [2.75, 3.05) is 19.8 Å². The van der Waals surface area contributed by atoms with Gasteiger partial charge in [0.1, 0.15) is 6.04 Å². The van der Waals surface area contributed by atoms with Gasteiger partial charge in [-0.15, -0.1) is 24.9 Å². The smallest absolute Gasteiger partial charge is 0.310 e. The number of aliphatic hydroxyl groups excluding tert-OH is 1. The second-order valence-corrected chi connectivity index (χ2v) is 11.4. The maximum absolute atomic E-state index is 14.3. The highest BCUT2D eigenvalue weighted by Crippen LogP contribution is 2.67. The first kappa shape index (κ1) is 26.5. The van der Waals surface area contributed by atoms with Crippen molar-refractivity contribution < 1.29 is 24.2 Å². The van der Waals surface area contributed by atoms with Crippen LogP contribution >= 0.6 is 11.8 Å². The first-order chi connectivity index (χ1) is 17.4. The quantitative estimate of drug-likeness (QED) is 0.263. The lowest BCUT2D eigenvalue weighted by molar-refractivity contribution is -0.154. The number of thioether (sulfide) groups is 1. The summed E-state index contributed by atoms with van der Waals surface area (Å²) in [5.74, 6) is -1.95. The third kappa shape index (κ3) is 4.50. The summed E-state index contributed by atoms with van der Waals surface area (Å²) >= 11 is 1.61. The van der Waals surface area contributed by atoms with Crippen LogP contribution in [0.25, 0.3) is 0 Å². The van der Waals surface area contributed by atoms with Crippen LogP contribution in [0.3, 0.4) is 0 Å². The fourth-order valence-corrected chi connectivity index (χ4v) is 8.34. The number of likely N-dealkylation sites (tertiary alicyclic amines) is 1. The summed E-state index contributed by atoms with van der Waals surface area (Å²) in [6, 6.07) is 8.48. The standard InChI is InChI=1S/C28H36N2O5S/c1-4-7-16-35-27(34)22-21-13-14-28(36-21)23(22)25(32)30(20(6-3)18-31)24(28)26(33)29(15-5-2)17-19-11-9-8-10-12-19/h4-5,8-12,20-24,31H,1-2,6-7,13-18H2,3H3/t20-,21+,22-,23-,24?,28?/m0/s1. The zero-order valence-electron chi connectivity index (χ0n) is 20.9. The molecule has 8 heteroatoms. The highest BCUT2D eigenvalue weighted by atomic mass is 32.2. The van der Waals surface area contributed by atoms with Crippen LogP contribution in [-0.4, -0.2) is 74.5 Å². The Labute approximate surface area is 217 Å². The van der Waals surface area contributed by atoms with Crippen LogP contribution in [0.4, 0.5) is 0 Å². The van der Waals surface area contributed by atoms with Crippen LogP contribution < -0.4 is 0 Å². The van der Waals surface area contributed by atoms with E-state index in [1.807, 2.05) is 37.3 Å². The third-order valence-corrected chi connectivity index (χ3v) is 9.72. The molecule has 3 aliphatic heterocycles. The molecular weight excluding hydrogens is 476 g/mol. The Morgan fingerprint density at radius 2 is 2.06 bits per heavy atom. The fourth-order valence-electron chi connectivity index (χ4n) is 6.15. The molecule has 3 aliphatic rings. The molecule has 0 aromatic heterocycles. The van der Waals surface area contributed by atoms with Crippen molar-refractivity contribution in [1.29, 1.82) is 0 Å². The molecule has 36 heavy (non-hydrogen) atoms. The van der Waals surface area contributed by atoms with Crippen LogP contribution in [0.5, 0.6) is 0 Å². The Bertz CT molecular complexity index is 997. The van der Waals surface area contributed by atoms with E-state index in [-0.39, 0.29) is 36.2 Å². The van der Waals surface area contributed by atoms with Crippen molar-refractivity contribution in [2.24, 2.45) is 11.8 Å². The molecule has 3 saturated heterocycles. The maximum atomic E-state index is 14.3. The lowest BCUT2D eigenvalue weighted by Crippen LogP contribution is -2.57. The Morgan fingerprint density at radius 3 is 2.69 bits per heavy atom. The van der Waals surface area contributed by atoms with Crippen molar-refractivity contribution >= 4 is 29.5 Å². The minimum atomic E-state index is -0.753. The van der Waals surface area contributed by atoms with E-state index < -0.39 is 28.7 Å². The van der Waals surface area contributed by atoms with Gasteiger partial charge in [0.05, 0.1) is 35.8 Å². The molecule has 0 aliphatic carbocycles. The highest BCUT2D eigenvalue weighted by molar-refractivity contribution is 8.02. The fraction of sp³-hybridized carbons (Fsp3) is 0.536. The minimum Gasteiger partial charge on any atom is -0.465 e. The van der Waals surface area contributed by atoms with E-state index >= 15 is 0 Å². The molecule has 3 fully saturated rings. The van der Waals surface area contributed by atoms with Gasteiger partial charge in [-0.05, 0) is 31.2 Å². The number of ether oxygens (including phenoxy) is 1. The van der Waals surface area contributed by atoms with Gasteiger partial charge in [-0.25, -0.2) is 0 Å². The number of aliphatic hydroxyl groups is 1. The zero-order chi connectivity index (χ0) is 25.9. The number of amides is 2. The van der Waals surface area contributed by atoms with E-state index in [0.717, 1.165) is 12.0 Å². The van der Waals surface area contributed by atoms with Crippen LogP contribution in [0, 0.1) is 11.8 Å². The Balaban J connectivity index is 1.71. The van der Waals surface area contributed by atoms with E-state index in [1.165, 1.54) is 0 Å². The van der Waals surface area contributed by atoms with Gasteiger partial charge in [-0.2, -0.15) is 0 Å². The van der Waals surface area contributed by atoms with Gasteiger partial charge in [0, 0.05) is 18.3 Å². The summed E-state index contributed by atoms with van der Waals surface area (Å²) in [4.78, 5) is 44.8. The van der Waals surface area contributed by atoms with Crippen molar-refractivity contribution in [3.63, 3.8) is 0 Å². The molecule has 0 radical (unpaired) electrons. The number of rotatable bonds is 12. The molecule has 0 saturated carbocycles. The Morgan fingerprint density at radius 1 is 1.31 bits per heavy atom. The van der Waals surface area contributed by atoms with Gasteiger partial charge in [-0.1, -0.05) is 49.4 Å². The molecule has 7 nitrogen and oxygen atoms in total. The molecule has 1 spiro atoms. The topological polar surface area (TPSA) is 87.1 Å². The van der Waals surface area contributed by atoms with Gasteiger partial charge < -0.3 is 19.6 Å². The first-order valence-electron chi connectivity index (χ1n) is 12.7. The predicted molar refractivity (Wildman–Crippen MR) is 140 cm³/mol. The molecule has 3 heterocycles. The number of carbonyl (C=O) groups is 3. The third-order valence-electron chi connectivity index (χ3n) is 7.76. The molecule has 1 aromatic rings. The lowest BCUT2D eigenvalue weighted by Gasteiger charge is -2.39. The summed E-state index contributed by atoms with van der Waals surface area (Å²) in [7, 11) is 0. The Hall–Kier alpha value is -2.58. The molecule has 1 aromatic carbocycles. The van der Waals surface area contributed by atoms with Crippen molar-refractivity contribution in [3.8, 4) is 0 Å². The van der Waals surface area contributed by atoms with Crippen molar-refractivity contribution in [2.45, 2.75) is 61.2 Å². The van der Waals surface area contributed by atoms with Crippen LogP contribution in [0.15, 0.2) is 55.6 Å². The number of hydrogen-bond acceptors (Lipinski definition) is 6. The molecule has 2 bridgehead atoms. The van der Waals surface area contributed by atoms with E-state index in [9.17, 15) is 19.5 Å². The van der Waals surface area contributed by atoms with E-state index in [4.69, 9.17) is 4.74 Å². The van der Waals surface area contributed by atoms with Crippen molar-refractivity contribution in [1.82, 2.24) is 9.80 Å². The molecule has 2 amide bonds. The zero-order valence-corrected chi connectivity index (χ0v) is 21.7. The second kappa shape index (κ2) is 11.2. The van der Waals surface area contributed by atoms with Gasteiger partial charge in [0.15, 0.2) is 0 Å². The van der Waals surface area contributed by atoms with Crippen molar-refractivity contribution in [3.05, 3.63) is 61.2 Å². The molecular formula is C28H36N2O5S. The molecule has 194 valence electrons. The minimum absolute atomic E-state index is 0.0520. The van der Waals surface area contributed by atoms with Gasteiger partial charge >= 0.3 is 5.97 Å². The summed E-state index contributed by atoms with van der Waals surface area (Å²) in [5.41, 5.74) is 0.985. The van der Waals surface area contributed by atoms with Crippen LogP contribution in [-0.2, 0) is 25.7 Å². The number of hydrogen-bond donors (Lipinski definition) is 1. The molecule has 6 atom stereocenters. The number of esters is 1. The monoisotopic (exact) mass is 512 g/mol. The molecule has 4 rings (SSSR count). The largest absolute Gasteiger partial charge is 0.465 e. The van der Waals surface area contributed by atoms with Gasteiger partial charge in [0.25, 0.3) is 0 Å². The van der Waals surface area contributed by atoms with Crippen LogP contribution in [0.1, 0.15) is 38.2 Å². The number of benzene rings is 1. The average Bonchev–Trinajstić information content (AvgIpc) is 3.53. The lowest BCUT2D eigenvalue weighted by atomic mass is 9.71. The normalized spacial score (nSPS) is 29.1. The van der Waals surface area contributed by atoms with E-state index in [2.05, 4.69) is 13.2 Å². The SMILES string of the molecule is C=CCCOC(=O)[C@@H]1[C@H]2C(=O)N([C@@H](CC)CO)C(C(=O)N(CC=C)Cc3ccccc3)C23CC[C@H]1S3.